The second-order valence-corrected chi connectivity index (χ2v) is 12.0. The van der Waals surface area contributed by atoms with E-state index in [1.165, 1.54) is 0 Å². The fourth-order valence-electron chi connectivity index (χ4n) is 1.30. The normalized spacial score (nSPS) is 14.6. The van der Waals surface area contributed by atoms with Gasteiger partial charge in [0.1, 0.15) is 0 Å². The van der Waals surface area contributed by atoms with Gasteiger partial charge in [-0.15, -0.1) is 0 Å². The third-order valence-electron chi connectivity index (χ3n) is 3.69. The first-order chi connectivity index (χ1) is 8.99. The van der Waals surface area contributed by atoms with Gasteiger partial charge in [-0.3, -0.25) is 4.79 Å². The van der Waals surface area contributed by atoms with E-state index in [1.807, 2.05) is 17.1 Å². The summed E-state index contributed by atoms with van der Waals surface area (Å²) in [4.78, 5) is 10.7. The maximum atomic E-state index is 10.7. The summed E-state index contributed by atoms with van der Waals surface area (Å²) in [6.07, 6.45) is 2.75. The fourth-order valence-corrected chi connectivity index (χ4v) is 2.46. The molecule has 5 heteroatoms. The van der Waals surface area contributed by atoms with Crippen LogP contribution in [0.2, 0.25) is 18.1 Å². The molecule has 0 fully saturated rings. The lowest BCUT2D eigenvalue weighted by Crippen LogP contribution is -2.41. The number of aliphatic carboxylic acids is 1. The van der Waals surface area contributed by atoms with Crippen molar-refractivity contribution in [2.75, 3.05) is 6.61 Å². The molecule has 0 rings (SSSR count). The van der Waals surface area contributed by atoms with Gasteiger partial charge in [0, 0.05) is 6.42 Å². The summed E-state index contributed by atoms with van der Waals surface area (Å²) >= 11 is 2.19. The van der Waals surface area contributed by atoms with Crippen LogP contribution in [-0.4, -0.2) is 26.0 Å². The molecule has 0 aromatic heterocycles. The molecule has 0 bridgehead atoms. The number of carboxylic acids is 1. The van der Waals surface area contributed by atoms with Crippen LogP contribution in [0.1, 0.15) is 40.5 Å². The maximum absolute atomic E-state index is 10.7. The largest absolute Gasteiger partial charge is 0.481 e. The van der Waals surface area contributed by atoms with Crippen LogP contribution >= 0.6 is 22.6 Å². The SMILES string of the molecule is CC(=C\I)/C=C(\CCC(=O)O)CO[Si](C)(C)C(C)(C)C. The van der Waals surface area contributed by atoms with Crippen molar-refractivity contribution in [3.05, 3.63) is 21.3 Å². The standard InChI is InChI=1S/C15H27IO3Si/c1-12(10-16)9-13(7-8-14(17)18)11-19-20(5,6)15(2,3)4/h9-10H,7-8,11H2,1-6H3,(H,17,18)/b12-10+,13-9+. The van der Waals surface area contributed by atoms with Crippen LogP contribution in [0.15, 0.2) is 21.3 Å². The average molecular weight is 410 g/mol. The van der Waals surface area contributed by atoms with Crippen molar-refractivity contribution >= 4 is 36.9 Å². The van der Waals surface area contributed by atoms with E-state index in [2.05, 4.69) is 56.5 Å². The average Bonchev–Trinajstić information content (AvgIpc) is 2.30. The van der Waals surface area contributed by atoms with Gasteiger partial charge in [0.25, 0.3) is 0 Å². The summed E-state index contributed by atoms with van der Waals surface area (Å²) < 4.78 is 8.17. The van der Waals surface area contributed by atoms with E-state index in [-0.39, 0.29) is 11.5 Å². The van der Waals surface area contributed by atoms with Crippen molar-refractivity contribution in [1.82, 2.24) is 0 Å². The lowest BCUT2D eigenvalue weighted by atomic mass is 10.1. The second kappa shape index (κ2) is 8.34. The molecule has 0 saturated heterocycles. The zero-order valence-corrected chi connectivity index (χ0v) is 16.6. The van der Waals surface area contributed by atoms with Gasteiger partial charge in [-0.25, -0.2) is 0 Å². The van der Waals surface area contributed by atoms with Gasteiger partial charge in [0.2, 0.25) is 0 Å². The summed E-state index contributed by atoms with van der Waals surface area (Å²) in [5.41, 5.74) is 2.19. The van der Waals surface area contributed by atoms with E-state index >= 15 is 0 Å². The lowest BCUT2D eigenvalue weighted by molar-refractivity contribution is -0.136. The minimum absolute atomic E-state index is 0.154. The van der Waals surface area contributed by atoms with Gasteiger partial charge in [-0.05, 0) is 46.7 Å². The molecule has 0 amide bonds. The second-order valence-electron chi connectivity index (χ2n) is 6.60. The highest BCUT2D eigenvalue weighted by Crippen LogP contribution is 2.36. The summed E-state index contributed by atoms with van der Waals surface area (Å²) in [5.74, 6) is -0.765. The Labute approximate surface area is 137 Å². The highest BCUT2D eigenvalue weighted by molar-refractivity contribution is 14.1. The molecule has 1 N–H and O–H groups in total. The third kappa shape index (κ3) is 7.59. The van der Waals surface area contributed by atoms with E-state index in [0.29, 0.717) is 13.0 Å². The Kier molecular flexibility index (Phi) is 8.28. The predicted octanol–water partition coefficient (Wildman–Crippen LogP) is 5.14. The number of carbonyl (C=O) groups is 1. The highest BCUT2D eigenvalue weighted by Gasteiger charge is 2.37. The van der Waals surface area contributed by atoms with Gasteiger partial charge in [0.05, 0.1) is 6.61 Å². The molecule has 116 valence electrons. The van der Waals surface area contributed by atoms with Crippen molar-refractivity contribution in [3.63, 3.8) is 0 Å². The fraction of sp³-hybridized carbons (Fsp3) is 0.667. The first-order valence-electron chi connectivity index (χ1n) is 6.82. The molecular formula is C15H27IO3Si. The molecule has 0 aliphatic carbocycles. The van der Waals surface area contributed by atoms with Gasteiger partial charge in [0.15, 0.2) is 8.32 Å². The highest BCUT2D eigenvalue weighted by atomic mass is 127. The summed E-state index contributed by atoms with van der Waals surface area (Å²) in [5, 5.41) is 9.00. The minimum atomic E-state index is -1.79. The predicted molar refractivity (Wildman–Crippen MR) is 95.9 cm³/mol. The maximum Gasteiger partial charge on any atom is 0.303 e. The molecule has 0 aliphatic heterocycles. The number of hydrogen-bond donors (Lipinski definition) is 1. The Morgan fingerprint density at radius 1 is 1.30 bits per heavy atom. The smallest absolute Gasteiger partial charge is 0.303 e. The Morgan fingerprint density at radius 3 is 2.25 bits per heavy atom. The quantitative estimate of drug-likeness (QED) is 0.359. The van der Waals surface area contributed by atoms with Crippen molar-refractivity contribution in [1.29, 1.82) is 0 Å². The van der Waals surface area contributed by atoms with Crippen LogP contribution in [0, 0.1) is 0 Å². The Hall–Kier alpha value is -0.143. The molecule has 0 aromatic rings. The Morgan fingerprint density at radius 2 is 1.85 bits per heavy atom. The summed E-state index contributed by atoms with van der Waals surface area (Å²) in [7, 11) is -1.79. The molecule has 0 atom stereocenters. The number of allylic oxidation sites excluding steroid dienone is 2. The van der Waals surface area contributed by atoms with E-state index in [4.69, 9.17) is 9.53 Å². The minimum Gasteiger partial charge on any atom is -0.481 e. The van der Waals surface area contributed by atoms with Gasteiger partial charge in [-0.2, -0.15) is 0 Å². The summed E-state index contributed by atoms with van der Waals surface area (Å²) in [6.45, 7) is 13.6. The molecule has 0 aromatic carbocycles. The van der Waals surface area contributed by atoms with E-state index in [1.54, 1.807) is 0 Å². The van der Waals surface area contributed by atoms with Gasteiger partial charge < -0.3 is 9.53 Å². The molecule has 0 heterocycles. The Bertz CT molecular complexity index is 392. The van der Waals surface area contributed by atoms with Gasteiger partial charge >= 0.3 is 5.97 Å². The van der Waals surface area contributed by atoms with Crippen LogP contribution in [0.25, 0.3) is 0 Å². The number of halogens is 1. The monoisotopic (exact) mass is 410 g/mol. The lowest BCUT2D eigenvalue weighted by Gasteiger charge is -2.36. The molecule has 0 saturated carbocycles. The first kappa shape index (κ1) is 19.9. The number of rotatable bonds is 7. The molecule has 0 radical (unpaired) electrons. The topological polar surface area (TPSA) is 46.5 Å². The van der Waals surface area contributed by atoms with Crippen LogP contribution < -0.4 is 0 Å². The van der Waals surface area contributed by atoms with Crippen molar-refractivity contribution in [2.45, 2.75) is 58.7 Å². The number of carboxylic acid groups (broad SMARTS) is 1. The number of hydrogen-bond acceptors (Lipinski definition) is 2. The Balaban J connectivity index is 4.83. The van der Waals surface area contributed by atoms with E-state index in [9.17, 15) is 4.79 Å². The van der Waals surface area contributed by atoms with Crippen LogP contribution in [0.5, 0.6) is 0 Å². The molecule has 20 heavy (non-hydrogen) atoms. The zero-order valence-electron chi connectivity index (χ0n) is 13.4. The third-order valence-corrected chi connectivity index (χ3v) is 9.15. The van der Waals surface area contributed by atoms with Crippen LogP contribution in [-0.2, 0) is 9.22 Å². The molecule has 0 unspecified atom stereocenters. The van der Waals surface area contributed by atoms with Crippen LogP contribution in [0.3, 0.4) is 0 Å². The molecule has 0 spiro atoms. The van der Waals surface area contributed by atoms with E-state index < -0.39 is 14.3 Å². The van der Waals surface area contributed by atoms with Gasteiger partial charge in [-0.1, -0.05) is 49.4 Å². The zero-order chi connectivity index (χ0) is 16.0. The van der Waals surface area contributed by atoms with Crippen LogP contribution in [0.4, 0.5) is 0 Å². The van der Waals surface area contributed by atoms with Crippen molar-refractivity contribution in [3.8, 4) is 0 Å². The first-order valence-corrected chi connectivity index (χ1v) is 11.0. The van der Waals surface area contributed by atoms with Crippen molar-refractivity contribution < 1.29 is 14.3 Å². The van der Waals surface area contributed by atoms with E-state index in [0.717, 1.165) is 11.1 Å². The van der Waals surface area contributed by atoms with Crippen molar-refractivity contribution in [2.24, 2.45) is 0 Å². The molecular weight excluding hydrogens is 383 g/mol. The summed E-state index contributed by atoms with van der Waals surface area (Å²) in [6, 6.07) is 0. The molecule has 0 aliphatic rings. The molecule has 3 nitrogen and oxygen atoms in total.